The summed E-state index contributed by atoms with van der Waals surface area (Å²) in [6.07, 6.45) is 1.84. The molecule has 0 unspecified atom stereocenters. The Morgan fingerprint density at radius 2 is 1.44 bits per heavy atom. The van der Waals surface area contributed by atoms with Gasteiger partial charge in [0, 0.05) is 30.0 Å². The molecule has 0 heterocycles. The number of halogens is 1. The molecule has 0 atom stereocenters. The van der Waals surface area contributed by atoms with Gasteiger partial charge in [-0.3, -0.25) is 9.59 Å². The summed E-state index contributed by atoms with van der Waals surface area (Å²) in [4.78, 5) is 26.4. The Kier molecular flexibility index (Phi) is 7.79. The van der Waals surface area contributed by atoms with Crippen LogP contribution in [0.3, 0.4) is 0 Å². The molecular formula is C21H26FN3O2. The Bertz CT molecular complexity index is 739. The first-order valence-corrected chi connectivity index (χ1v) is 9.22. The highest BCUT2D eigenvalue weighted by Crippen LogP contribution is 2.13. The molecule has 0 saturated carbocycles. The first-order valence-electron chi connectivity index (χ1n) is 9.22. The minimum Gasteiger partial charge on any atom is -0.376 e. The smallest absolute Gasteiger partial charge is 0.253 e. The van der Waals surface area contributed by atoms with E-state index in [1.165, 1.54) is 12.1 Å². The molecule has 0 saturated heterocycles. The van der Waals surface area contributed by atoms with Crippen LogP contribution in [0.15, 0.2) is 48.5 Å². The fourth-order valence-corrected chi connectivity index (χ4v) is 2.69. The minimum absolute atomic E-state index is 0.00885. The Balaban J connectivity index is 1.89. The van der Waals surface area contributed by atoms with Gasteiger partial charge in [-0.25, -0.2) is 4.39 Å². The molecule has 6 heteroatoms. The van der Waals surface area contributed by atoms with Crippen molar-refractivity contribution in [2.24, 2.45) is 0 Å². The predicted octanol–water partition coefficient (Wildman–Crippen LogP) is 4.14. The summed E-state index contributed by atoms with van der Waals surface area (Å²) in [6.45, 7) is 5.64. The van der Waals surface area contributed by atoms with Gasteiger partial charge in [0.15, 0.2) is 0 Å². The molecule has 0 spiro atoms. The lowest BCUT2D eigenvalue weighted by Gasteiger charge is -2.21. The molecule has 0 radical (unpaired) electrons. The van der Waals surface area contributed by atoms with Crippen LogP contribution in [0.1, 0.15) is 37.0 Å². The van der Waals surface area contributed by atoms with Crippen molar-refractivity contribution < 1.29 is 14.0 Å². The van der Waals surface area contributed by atoms with Gasteiger partial charge in [-0.05, 0) is 61.4 Å². The molecular weight excluding hydrogens is 345 g/mol. The second kappa shape index (κ2) is 10.3. The zero-order valence-corrected chi connectivity index (χ0v) is 15.8. The van der Waals surface area contributed by atoms with E-state index in [0.717, 1.165) is 25.9 Å². The monoisotopic (exact) mass is 371 g/mol. The van der Waals surface area contributed by atoms with Crippen LogP contribution in [0.5, 0.6) is 0 Å². The van der Waals surface area contributed by atoms with Crippen LogP contribution in [0.2, 0.25) is 0 Å². The van der Waals surface area contributed by atoms with E-state index in [4.69, 9.17) is 0 Å². The van der Waals surface area contributed by atoms with Crippen molar-refractivity contribution in [2.45, 2.75) is 26.7 Å². The summed E-state index contributed by atoms with van der Waals surface area (Å²) in [7, 11) is 0. The van der Waals surface area contributed by atoms with Crippen molar-refractivity contribution in [2.75, 3.05) is 30.3 Å². The number of amides is 2. The summed E-state index contributed by atoms with van der Waals surface area (Å²) >= 11 is 0. The van der Waals surface area contributed by atoms with Gasteiger partial charge in [-0.15, -0.1) is 0 Å². The van der Waals surface area contributed by atoms with Crippen LogP contribution in [0, 0.1) is 5.82 Å². The van der Waals surface area contributed by atoms with Gasteiger partial charge in [-0.1, -0.05) is 13.8 Å². The zero-order valence-electron chi connectivity index (χ0n) is 15.8. The average Bonchev–Trinajstić information content (AvgIpc) is 2.67. The first-order chi connectivity index (χ1) is 13.0. The SMILES string of the molecule is CCCN(CCC)C(=O)c1ccc(NC(=O)CNc2ccc(F)cc2)cc1. The van der Waals surface area contributed by atoms with Crippen LogP contribution in [0.25, 0.3) is 0 Å². The zero-order chi connectivity index (χ0) is 19.6. The molecule has 5 nitrogen and oxygen atoms in total. The number of carbonyl (C=O) groups excluding carboxylic acids is 2. The maximum atomic E-state index is 12.9. The van der Waals surface area contributed by atoms with E-state index < -0.39 is 0 Å². The number of nitrogens with one attached hydrogen (secondary N) is 2. The molecule has 0 aliphatic carbocycles. The number of anilines is 2. The fourth-order valence-electron chi connectivity index (χ4n) is 2.69. The van der Waals surface area contributed by atoms with E-state index in [2.05, 4.69) is 24.5 Å². The number of hydrogen-bond donors (Lipinski definition) is 2. The average molecular weight is 371 g/mol. The van der Waals surface area contributed by atoms with E-state index in [0.29, 0.717) is 16.9 Å². The van der Waals surface area contributed by atoms with E-state index >= 15 is 0 Å². The van der Waals surface area contributed by atoms with Crippen LogP contribution in [-0.4, -0.2) is 36.3 Å². The molecule has 2 rings (SSSR count). The highest BCUT2D eigenvalue weighted by atomic mass is 19.1. The maximum Gasteiger partial charge on any atom is 0.253 e. The van der Waals surface area contributed by atoms with E-state index in [1.54, 1.807) is 36.4 Å². The summed E-state index contributed by atoms with van der Waals surface area (Å²) in [5.41, 5.74) is 1.90. The van der Waals surface area contributed by atoms with Gasteiger partial charge in [0.25, 0.3) is 5.91 Å². The number of benzene rings is 2. The number of carbonyl (C=O) groups is 2. The van der Waals surface area contributed by atoms with Crippen LogP contribution in [0.4, 0.5) is 15.8 Å². The van der Waals surface area contributed by atoms with Crippen LogP contribution >= 0.6 is 0 Å². The topological polar surface area (TPSA) is 61.4 Å². The van der Waals surface area contributed by atoms with E-state index in [9.17, 15) is 14.0 Å². The normalized spacial score (nSPS) is 10.3. The highest BCUT2D eigenvalue weighted by Gasteiger charge is 2.14. The standard InChI is InChI=1S/C21H26FN3O2/c1-3-13-25(14-4-2)21(27)16-5-9-19(10-6-16)24-20(26)15-23-18-11-7-17(22)8-12-18/h5-12,23H,3-4,13-15H2,1-2H3,(H,24,26). The highest BCUT2D eigenvalue weighted by molar-refractivity contribution is 5.96. The number of rotatable bonds is 9. The van der Waals surface area contributed by atoms with Gasteiger partial charge < -0.3 is 15.5 Å². The first kappa shape index (κ1) is 20.4. The van der Waals surface area contributed by atoms with Crippen molar-refractivity contribution >= 4 is 23.2 Å². The molecule has 144 valence electrons. The molecule has 2 aromatic rings. The fraction of sp³-hybridized carbons (Fsp3) is 0.333. The van der Waals surface area contributed by atoms with Gasteiger partial charge in [-0.2, -0.15) is 0 Å². The molecule has 0 bridgehead atoms. The van der Waals surface area contributed by atoms with Crippen molar-refractivity contribution in [3.05, 3.63) is 59.9 Å². The van der Waals surface area contributed by atoms with Crippen LogP contribution in [-0.2, 0) is 4.79 Å². The summed E-state index contributed by atoms with van der Waals surface area (Å²) in [5.74, 6) is -0.539. The van der Waals surface area contributed by atoms with Gasteiger partial charge in [0.1, 0.15) is 5.82 Å². The Morgan fingerprint density at radius 1 is 0.889 bits per heavy atom. The lowest BCUT2D eigenvalue weighted by molar-refractivity contribution is -0.114. The van der Waals surface area contributed by atoms with E-state index in [1.807, 2.05) is 4.90 Å². The molecule has 0 aromatic heterocycles. The van der Waals surface area contributed by atoms with E-state index in [-0.39, 0.29) is 24.2 Å². The number of hydrogen-bond acceptors (Lipinski definition) is 3. The molecule has 2 amide bonds. The van der Waals surface area contributed by atoms with Gasteiger partial charge in [0.2, 0.25) is 5.91 Å². The predicted molar refractivity (Wildman–Crippen MR) is 106 cm³/mol. The number of nitrogens with zero attached hydrogens (tertiary/aromatic N) is 1. The second-order valence-electron chi connectivity index (χ2n) is 6.28. The molecule has 0 aliphatic heterocycles. The van der Waals surface area contributed by atoms with Crippen molar-refractivity contribution in [3.8, 4) is 0 Å². The summed E-state index contributed by atoms with van der Waals surface area (Å²) in [6, 6.07) is 12.7. The molecule has 0 aliphatic rings. The Morgan fingerprint density at radius 3 is 2.00 bits per heavy atom. The van der Waals surface area contributed by atoms with Crippen molar-refractivity contribution in [1.29, 1.82) is 0 Å². The third kappa shape index (κ3) is 6.40. The third-order valence-electron chi connectivity index (χ3n) is 3.99. The van der Waals surface area contributed by atoms with Crippen molar-refractivity contribution in [3.63, 3.8) is 0 Å². The Labute approximate surface area is 159 Å². The molecule has 2 N–H and O–H groups in total. The molecule has 27 heavy (non-hydrogen) atoms. The largest absolute Gasteiger partial charge is 0.376 e. The molecule has 2 aromatic carbocycles. The lowest BCUT2D eigenvalue weighted by atomic mass is 10.1. The van der Waals surface area contributed by atoms with Crippen molar-refractivity contribution in [1.82, 2.24) is 4.90 Å². The quantitative estimate of drug-likeness (QED) is 0.696. The molecule has 0 fully saturated rings. The van der Waals surface area contributed by atoms with Gasteiger partial charge in [0.05, 0.1) is 6.54 Å². The summed E-state index contributed by atoms with van der Waals surface area (Å²) < 4.78 is 12.9. The Hall–Kier alpha value is -2.89. The summed E-state index contributed by atoms with van der Waals surface area (Å²) in [5, 5.41) is 5.69. The maximum absolute atomic E-state index is 12.9. The van der Waals surface area contributed by atoms with Crippen LogP contribution < -0.4 is 10.6 Å². The van der Waals surface area contributed by atoms with Gasteiger partial charge >= 0.3 is 0 Å². The lowest BCUT2D eigenvalue weighted by Crippen LogP contribution is -2.32. The minimum atomic E-state index is -0.323. The third-order valence-corrected chi connectivity index (χ3v) is 3.99. The second-order valence-corrected chi connectivity index (χ2v) is 6.28.